The molecule has 0 saturated carbocycles. The monoisotopic (exact) mass is 158 g/mol. The summed E-state index contributed by atoms with van der Waals surface area (Å²) in [7, 11) is -4.64. The fourth-order valence-electron chi connectivity index (χ4n) is 0. The molecule has 0 radical (unpaired) electrons. The molecule has 6 heteroatoms. The molecule has 0 spiro atoms. The predicted octanol–water partition coefficient (Wildman–Crippen LogP) is -0.541. The molecule has 4 N–H and O–H groups in total. The van der Waals surface area contributed by atoms with Gasteiger partial charge in [-0.25, -0.2) is 4.57 Å². The molecule has 0 fully saturated rings. The van der Waals surface area contributed by atoms with E-state index in [1.165, 1.54) is 0 Å². The first-order valence-corrected chi connectivity index (χ1v) is 3.76. The number of phosphoric acid groups is 1. The summed E-state index contributed by atoms with van der Waals surface area (Å²) in [5.41, 5.74) is 0. The summed E-state index contributed by atoms with van der Waals surface area (Å²) in [5.74, 6) is 0. The Morgan fingerprint density at radius 2 is 1.22 bits per heavy atom. The van der Waals surface area contributed by atoms with Crippen molar-refractivity contribution in [1.29, 1.82) is 0 Å². The van der Waals surface area contributed by atoms with Gasteiger partial charge >= 0.3 is 7.82 Å². The van der Waals surface area contributed by atoms with Gasteiger partial charge in [0, 0.05) is 6.10 Å². The van der Waals surface area contributed by atoms with Crippen molar-refractivity contribution in [3.05, 3.63) is 0 Å². The van der Waals surface area contributed by atoms with E-state index in [1.54, 1.807) is 13.8 Å². The molecule has 0 aromatic carbocycles. The number of aliphatic hydroxyl groups is 1. The van der Waals surface area contributed by atoms with Gasteiger partial charge in [0.1, 0.15) is 0 Å². The molecular weight excluding hydrogens is 147 g/mol. The summed E-state index contributed by atoms with van der Waals surface area (Å²) in [4.78, 5) is 21.6. The lowest BCUT2D eigenvalue weighted by atomic mass is 10.5. The molecule has 0 unspecified atom stereocenters. The molecule has 0 aliphatic rings. The smallest absolute Gasteiger partial charge is 0.394 e. The van der Waals surface area contributed by atoms with Crippen LogP contribution in [0.5, 0.6) is 0 Å². The van der Waals surface area contributed by atoms with Gasteiger partial charge in [-0.05, 0) is 13.8 Å². The maximum absolute atomic E-state index is 8.88. The van der Waals surface area contributed by atoms with Gasteiger partial charge in [-0.1, -0.05) is 0 Å². The van der Waals surface area contributed by atoms with Crippen LogP contribution in [0.4, 0.5) is 0 Å². The Hall–Kier alpha value is 0.0700. The minimum absolute atomic E-state index is 0.167. The summed E-state index contributed by atoms with van der Waals surface area (Å²) in [6.45, 7) is 3.44. The Balaban J connectivity index is 0. The molecule has 9 heavy (non-hydrogen) atoms. The highest BCUT2D eigenvalue weighted by Crippen LogP contribution is 2.25. The average Bonchev–Trinajstić information content (AvgIpc) is 1.19. The fraction of sp³-hybridized carbons (Fsp3) is 1.00. The first kappa shape index (κ1) is 11.8. The quantitative estimate of drug-likeness (QED) is 0.355. The fourth-order valence-corrected chi connectivity index (χ4v) is 0. The van der Waals surface area contributed by atoms with Gasteiger partial charge in [-0.15, -0.1) is 0 Å². The van der Waals surface area contributed by atoms with E-state index in [1.807, 2.05) is 0 Å². The van der Waals surface area contributed by atoms with Gasteiger partial charge in [0.15, 0.2) is 0 Å². The first-order chi connectivity index (χ1) is 3.73. The molecular formula is C3H11O5P. The van der Waals surface area contributed by atoms with E-state index in [2.05, 4.69) is 0 Å². The van der Waals surface area contributed by atoms with E-state index in [0.717, 1.165) is 0 Å². The van der Waals surface area contributed by atoms with Crippen molar-refractivity contribution in [2.24, 2.45) is 0 Å². The maximum Gasteiger partial charge on any atom is 0.466 e. The molecule has 0 bridgehead atoms. The molecule has 0 saturated heterocycles. The minimum atomic E-state index is -4.64. The van der Waals surface area contributed by atoms with E-state index in [9.17, 15) is 0 Å². The molecule has 0 heterocycles. The standard InChI is InChI=1S/C3H8O.H3O4P/c1-3(2)4;1-5(2,3)4/h3-4H,1-2H3;(H3,1,2,3,4). The van der Waals surface area contributed by atoms with Gasteiger partial charge in [-0.3, -0.25) is 0 Å². The molecule has 0 aliphatic carbocycles. The molecule has 0 rings (SSSR count). The second-order valence-corrected chi connectivity index (χ2v) is 2.63. The first-order valence-electron chi connectivity index (χ1n) is 2.20. The zero-order valence-corrected chi connectivity index (χ0v) is 6.12. The van der Waals surface area contributed by atoms with Crippen LogP contribution in [0.3, 0.4) is 0 Å². The Kier molecular flexibility index (Phi) is 6.44. The van der Waals surface area contributed by atoms with Crippen LogP contribution in [0.1, 0.15) is 13.8 Å². The lowest BCUT2D eigenvalue weighted by molar-refractivity contribution is 0.216. The van der Waals surface area contributed by atoms with E-state index in [0.29, 0.717) is 0 Å². The Bertz CT molecular complexity index is 83.4. The van der Waals surface area contributed by atoms with Crippen molar-refractivity contribution in [3.8, 4) is 0 Å². The van der Waals surface area contributed by atoms with Gasteiger partial charge in [0.05, 0.1) is 0 Å². The average molecular weight is 158 g/mol. The lowest BCUT2D eigenvalue weighted by Crippen LogP contribution is -1.85. The van der Waals surface area contributed by atoms with Crippen molar-refractivity contribution >= 4 is 7.82 Å². The van der Waals surface area contributed by atoms with Gasteiger partial charge in [0.25, 0.3) is 0 Å². The number of hydrogen-bond donors (Lipinski definition) is 4. The van der Waals surface area contributed by atoms with Gasteiger partial charge in [0.2, 0.25) is 0 Å². The van der Waals surface area contributed by atoms with Crippen LogP contribution in [0.2, 0.25) is 0 Å². The van der Waals surface area contributed by atoms with Gasteiger partial charge < -0.3 is 19.8 Å². The predicted molar refractivity (Wildman–Crippen MR) is 31.6 cm³/mol. The third-order valence-electron chi connectivity index (χ3n) is 0. The summed E-state index contributed by atoms with van der Waals surface area (Å²) < 4.78 is 8.88. The highest BCUT2D eigenvalue weighted by molar-refractivity contribution is 7.45. The number of aliphatic hydroxyl groups excluding tert-OH is 1. The van der Waals surface area contributed by atoms with Crippen LogP contribution in [0, 0.1) is 0 Å². The molecule has 0 aliphatic heterocycles. The van der Waals surface area contributed by atoms with Crippen molar-refractivity contribution in [2.75, 3.05) is 0 Å². The highest BCUT2D eigenvalue weighted by atomic mass is 31.2. The SMILES string of the molecule is CC(C)O.O=P(O)(O)O. The minimum Gasteiger partial charge on any atom is -0.394 e. The third-order valence-corrected chi connectivity index (χ3v) is 0. The molecule has 0 atom stereocenters. The summed E-state index contributed by atoms with van der Waals surface area (Å²) in [5, 5.41) is 8.06. The topological polar surface area (TPSA) is 98.0 Å². The second kappa shape index (κ2) is 4.90. The Morgan fingerprint density at radius 3 is 1.22 bits per heavy atom. The summed E-state index contributed by atoms with van der Waals surface area (Å²) in [6.07, 6.45) is -0.167. The van der Waals surface area contributed by atoms with Gasteiger partial charge in [-0.2, -0.15) is 0 Å². The maximum atomic E-state index is 8.88. The molecule has 5 nitrogen and oxygen atoms in total. The van der Waals surface area contributed by atoms with Crippen molar-refractivity contribution in [2.45, 2.75) is 20.0 Å². The summed E-state index contributed by atoms with van der Waals surface area (Å²) >= 11 is 0. The van der Waals surface area contributed by atoms with Crippen molar-refractivity contribution in [3.63, 3.8) is 0 Å². The van der Waals surface area contributed by atoms with Crippen LogP contribution in [-0.4, -0.2) is 25.9 Å². The lowest BCUT2D eigenvalue weighted by Gasteiger charge is -1.82. The van der Waals surface area contributed by atoms with Crippen LogP contribution in [0.15, 0.2) is 0 Å². The third kappa shape index (κ3) is 60700. The largest absolute Gasteiger partial charge is 0.466 e. The van der Waals surface area contributed by atoms with E-state index < -0.39 is 7.82 Å². The van der Waals surface area contributed by atoms with Crippen LogP contribution in [-0.2, 0) is 4.57 Å². The Labute approximate surface area is 53.2 Å². The number of hydrogen-bond acceptors (Lipinski definition) is 2. The number of rotatable bonds is 0. The summed E-state index contributed by atoms with van der Waals surface area (Å²) in [6, 6.07) is 0. The normalized spacial score (nSPS) is 10.6. The van der Waals surface area contributed by atoms with Crippen LogP contribution >= 0.6 is 7.82 Å². The van der Waals surface area contributed by atoms with Crippen molar-refractivity contribution < 1.29 is 24.4 Å². The molecule has 0 aromatic heterocycles. The van der Waals surface area contributed by atoms with E-state index in [-0.39, 0.29) is 6.10 Å². The van der Waals surface area contributed by atoms with E-state index >= 15 is 0 Å². The molecule has 58 valence electrons. The molecule has 0 aromatic rings. The zero-order valence-electron chi connectivity index (χ0n) is 5.22. The van der Waals surface area contributed by atoms with Crippen LogP contribution in [0.25, 0.3) is 0 Å². The molecule has 0 amide bonds. The highest BCUT2D eigenvalue weighted by Gasteiger charge is 2.00. The zero-order chi connectivity index (χ0) is 8.08. The Morgan fingerprint density at radius 1 is 1.22 bits per heavy atom. The van der Waals surface area contributed by atoms with E-state index in [4.69, 9.17) is 24.4 Å². The van der Waals surface area contributed by atoms with Crippen molar-refractivity contribution in [1.82, 2.24) is 0 Å². The van der Waals surface area contributed by atoms with Crippen LogP contribution < -0.4 is 0 Å². The second-order valence-electron chi connectivity index (χ2n) is 1.61.